The Bertz CT molecular complexity index is 937. The third-order valence-corrected chi connectivity index (χ3v) is 4.74. The molecular weight excluding hydrogens is 384 g/mol. The maximum absolute atomic E-state index is 12.3. The molecule has 0 bridgehead atoms. The predicted molar refractivity (Wildman–Crippen MR) is 98.7 cm³/mol. The lowest BCUT2D eigenvalue weighted by Gasteiger charge is -2.34. The lowest BCUT2D eigenvalue weighted by molar-refractivity contribution is 0.246. The van der Waals surface area contributed by atoms with Crippen molar-refractivity contribution in [2.75, 3.05) is 31.1 Å². The van der Waals surface area contributed by atoms with E-state index in [0.717, 1.165) is 42.3 Å². The molecule has 4 heterocycles. The van der Waals surface area contributed by atoms with Crippen molar-refractivity contribution < 1.29 is 0 Å². The zero-order valence-corrected chi connectivity index (χ0v) is 15.1. The second-order valence-corrected chi connectivity index (χ2v) is 6.89. The van der Waals surface area contributed by atoms with Crippen molar-refractivity contribution in [2.24, 2.45) is 0 Å². The maximum atomic E-state index is 12.3. The van der Waals surface area contributed by atoms with Crippen LogP contribution in [-0.4, -0.2) is 50.4 Å². The molecule has 0 radical (unpaired) electrons. The van der Waals surface area contributed by atoms with E-state index in [9.17, 15) is 4.79 Å². The summed E-state index contributed by atoms with van der Waals surface area (Å²) in [6.07, 6.45) is 5.27. The van der Waals surface area contributed by atoms with Crippen LogP contribution in [0.4, 0.5) is 5.95 Å². The minimum absolute atomic E-state index is 0.0578. The van der Waals surface area contributed by atoms with Crippen LogP contribution >= 0.6 is 15.9 Å². The molecule has 0 saturated carbocycles. The standard InChI is InChI=1S/C17H17BrN6O/c18-13-2-3-15-21-14(10-16(25)24(15)11-13)12-22-6-8-23(9-7-22)17-19-4-1-5-20-17/h1-5,10-11H,6-9,12H2. The van der Waals surface area contributed by atoms with E-state index in [-0.39, 0.29) is 5.56 Å². The van der Waals surface area contributed by atoms with Crippen LogP contribution in [0.5, 0.6) is 0 Å². The van der Waals surface area contributed by atoms with E-state index in [0.29, 0.717) is 12.2 Å². The maximum Gasteiger partial charge on any atom is 0.258 e. The number of fused-ring (bicyclic) bond motifs is 1. The number of anilines is 1. The number of nitrogens with zero attached hydrogens (tertiary/aromatic N) is 6. The van der Waals surface area contributed by atoms with Gasteiger partial charge < -0.3 is 4.90 Å². The van der Waals surface area contributed by atoms with E-state index < -0.39 is 0 Å². The summed E-state index contributed by atoms with van der Waals surface area (Å²) < 4.78 is 2.41. The van der Waals surface area contributed by atoms with Crippen LogP contribution in [0.1, 0.15) is 5.69 Å². The first-order valence-electron chi connectivity index (χ1n) is 8.11. The van der Waals surface area contributed by atoms with Crippen LogP contribution in [0.25, 0.3) is 5.65 Å². The van der Waals surface area contributed by atoms with Crippen molar-refractivity contribution in [1.82, 2.24) is 24.3 Å². The summed E-state index contributed by atoms with van der Waals surface area (Å²) in [6.45, 7) is 4.18. The molecule has 4 rings (SSSR count). The van der Waals surface area contributed by atoms with E-state index in [2.05, 4.69) is 40.7 Å². The molecule has 1 aliphatic heterocycles. The zero-order chi connectivity index (χ0) is 17.2. The fourth-order valence-corrected chi connectivity index (χ4v) is 3.33. The van der Waals surface area contributed by atoms with Crippen molar-refractivity contribution >= 4 is 27.5 Å². The summed E-state index contributed by atoms with van der Waals surface area (Å²) in [5, 5.41) is 0. The quantitative estimate of drug-likeness (QED) is 0.664. The molecule has 3 aromatic heterocycles. The van der Waals surface area contributed by atoms with Crippen molar-refractivity contribution in [3.63, 3.8) is 0 Å². The molecule has 0 spiro atoms. The molecule has 1 aliphatic rings. The fourth-order valence-electron chi connectivity index (χ4n) is 3.00. The highest BCUT2D eigenvalue weighted by molar-refractivity contribution is 9.10. The Kier molecular flexibility index (Phi) is 4.46. The predicted octanol–water partition coefficient (Wildman–Crippen LogP) is 1.57. The van der Waals surface area contributed by atoms with Gasteiger partial charge in [-0.2, -0.15) is 0 Å². The Morgan fingerprint density at radius 3 is 2.60 bits per heavy atom. The number of aromatic nitrogens is 4. The van der Waals surface area contributed by atoms with Gasteiger partial charge in [0, 0.05) is 61.9 Å². The van der Waals surface area contributed by atoms with Gasteiger partial charge in [-0.1, -0.05) is 0 Å². The minimum atomic E-state index is -0.0578. The summed E-state index contributed by atoms with van der Waals surface area (Å²) in [5.74, 6) is 0.773. The highest BCUT2D eigenvalue weighted by Crippen LogP contribution is 2.13. The number of piperazine rings is 1. The normalized spacial score (nSPS) is 15.6. The number of halogens is 1. The van der Waals surface area contributed by atoms with Crippen molar-refractivity contribution in [3.8, 4) is 0 Å². The topological polar surface area (TPSA) is 66.6 Å². The molecule has 0 atom stereocenters. The van der Waals surface area contributed by atoms with Gasteiger partial charge in [0.15, 0.2) is 0 Å². The molecule has 3 aromatic rings. The Hall–Kier alpha value is -2.32. The van der Waals surface area contributed by atoms with Gasteiger partial charge in [-0.15, -0.1) is 0 Å². The molecule has 8 heteroatoms. The lowest BCUT2D eigenvalue weighted by Crippen LogP contribution is -2.46. The molecule has 0 aromatic carbocycles. The van der Waals surface area contributed by atoms with Gasteiger partial charge in [0.25, 0.3) is 5.56 Å². The second kappa shape index (κ2) is 6.89. The van der Waals surface area contributed by atoms with Crippen LogP contribution in [-0.2, 0) is 6.54 Å². The lowest BCUT2D eigenvalue weighted by atomic mass is 10.3. The van der Waals surface area contributed by atoms with E-state index in [1.54, 1.807) is 29.1 Å². The summed E-state index contributed by atoms with van der Waals surface area (Å²) in [6, 6.07) is 7.18. The SMILES string of the molecule is O=c1cc(CN2CCN(c3ncccn3)CC2)nc2ccc(Br)cn12. The third-order valence-electron chi connectivity index (χ3n) is 4.27. The molecule has 0 amide bonds. The fraction of sp³-hybridized carbons (Fsp3) is 0.294. The van der Waals surface area contributed by atoms with Crippen LogP contribution in [0.15, 0.2) is 52.1 Å². The van der Waals surface area contributed by atoms with Crippen LogP contribution in [0.2, 0.25) is 0 Å². The summed E-state index contributed by atoms with van der Waals surface area (Å²) >= 11 is 3.38. The molecule has 0 N–H and O–H groups in total. The number of hydrogen-bond acceptors (Lipinski definition) is 6. The van der Waals surface area contributed by atoms with Gasteiger partial charge in [-0.3, -0.25) is 14.1 Å². The zero-order valence-electron chi connectivity index (χ0n) is 13.5. The molecule has 0 unspecified atom stereocenters. The van der Waals surface area contributed by atoms with E-state index in [1.807, 2.05) is 18.2 Å². The monoisotopic (exact) mass is 400 g/mol. The molecule has 1 saturated heterocycles. The number of pyridine rings is 1. The Balaban J connectivity index is 1.46. The average molecular weight is 401 g/mol. The van der Waals surface area contributed by atoms with E-state index in [1.165, 1.54) is 0 Å². The summed E-state index contributed by atoms with van der Waals surface area (Å²) in [5.41, 5.74) is 1.41. The van der Waals surface area contributed by atoms with E-state index >= 15 is 0 Å². The van der Waals surface area contributed by atoms with Crippen molar-refractivity contribution in [2.45, 2.75) is 6.54 Å². The highest BCUT2D eigenvalue weighted by Gasteiger charge is 2.19. The second-order valence-electron chi connectivity index (χ2n) is 5.97. The molecule has 128 valence electrons. The molecule has 0 aliphatic carbocycles. The van der Waals surface area contributed by atoms with E-state index in [4.69, 9.17) is 0 Å². The molecule has 7 nitrogen and oxygen atoms in total. The summed E-state index contributed by atoms with van der Waals surface area (Å²) in [7, 11) is 0. The first-order chi connectivity index (χ1) is 12.2. The number of rotatable bonds is 3. The highest BCUT2D eigenvalue weighted by atomic mass is 79.9. The molecule has 1 fully saturated rings. The minimum Gasteiger partial charge on any atom is -0.338 e. The Morgan fingerprint density at radius 1 is 1.08 bits per heavy atom. The van der Waals surface area contributed by atoms with Crippen LogP contribution < -0.4 is 10.5 Å². The van der Waals surface area contributed by atoms with Crippen LogP contribution in [0, 0.1) is 0 Å². The van der Waals surface area contributed by atoms with Crippen LogP contribution in [0.3, 0.4) is 0 Å². The van der Waals surface area contributed by atoms with Gasteiger partial charge >= 0.3 is 0 Å². The number of hydrogen-bond donors (Lipinski definition) is 0. The van der Waals surface area contributed by atoms with Gasteiger partial charge in [0.2, 0.25) is 5.95 Å². The molecular formula is C17H17BrN6O. The third kappa shape index (κ3) is 3.54. The average Bonchev–Trinajstić information content (AvgIpc) is 2.64. The van der Waals surface area contributed by atoms with Crippen molar-refractivity contribution in [1.29, 1.82) is 0 Å². The Morgan fingerprint density at radius 2 is 1.84 bits per heavy atom. The van der Waals surface area contributed by atoms with Crippen molar-refractivity contribution in [3.05, 3.63) is 63.4 Å². The van der Waals surface area contributed by atoms with Gasteiger partial charge in [-0.05, 0) is 34.1 Å². The smallest absolute Gasteiger partial charge is 0.258 e. The largest absolute Gasteiger partial charge is 0.338 e. The van der Waals surface area contributed by atoms with Gasteiger partial charge in [-0.25, -0.2) is 15.0 Å². The first kappa shape index (κ1) is 16.2. The van der Waals surface area contributed by atoms with Gasteiger partial charge in [0.05, 0.1) is 5.69 Å². The van der Waals surface area contributed by atoms with Gasteiger partial charge in [0.1, 0.15) is 5.65 Å². The summed E-state index contributed by atoms with van der Waals surface area (Å²) in [4.78, 5) is 30.0. The first-order valence-corrected chi connectivity index (χ1v) is 8.90. The molecule has 25 heavy (non-hydrogen) atoms. The Labute approximate surface area is 153 Å².